The number of nitrogens with zero attached hydrogens (tertiary/aromatic N) is 4. The lowest BCUT2D eigenvalue weighted by Crippen LogP contribution is -2.30. The molecule has 136 valence electrons. The Bertz CT molecular complexity index is 1180. The summed E-state index contributed by atoms with van der Waals surface area (Å²) in [5.41, 5.74) is 2.73. The van der Waals surface area contributed by atoms with Gasteiger partial charge in [-0.1, -0.05) is 22.9 Å². The van der Waals surface area contributed by atoms with Gasteiger partial charge in [-0.25, -0.2) is 4.98 Å². The normalized spacial score (nSPS) is 10.6. The van der Waals surface area contributed by atoms with Gasteiger partial charge in [0.05, 0.1) is 28.4 Å². The fourth-order valence-corrected chi connectivity index (χ4v) is 3.98. The van der Waals surface area contributed by atoms with Crippen molar-refractivity contribution in [3.05, 3.63) is 88.7 Å². The van der Waals surface area contributed by atoms with Crippen molar-refractivity contribution < 1.29 is 4.79 Å². The van der Waals surface area contributed by atoms with Crippen LogP contribution in [0.2, 0.25) is 5.02 Å². The van der Waals surface area contributed by atoms with Gasteiger partial charge >= 0.3 is 0 Å². The van der Waals surface area contributed by atoms with Crippen LogP contribution in [-0.2, 0) is 6.54 Å². The topological polar surface area (TPSA) is 69.9 Å². The summed E-state index contributed by atoms with van der Waals surface area (Å²) in [7, 11) is 0. The highest BCUT2D eigenvalue weighted by Gasteiger charge is 2.22. The van der Waals surface area contributed by atoms with Crippen LogP contribution in [0.1, 0.15) is 21.5 Å². The van der Waals surface area contributed by atoms with Crippen LogP contribution < -0.4 is 4.90 Å². The van der Waals surface area contributed by atoms with Gasteiger partial charge in [-0.3, -0.25) is 14.7 Å². The third-order valence-electron chi connectivity index (χ3n) is 4.17. The summed E-state index contributed by atoms with van der Waals surface area (Å²) in [4.78, 5) is 23.6. The van der Waals surface area contributed by atoms with Crippen molar-refractivity contribution in [3.8, 4) is 6.07 Å². The Balaban J connectivity index is 1.75. The lowest BCUT2D eigenvalue weighted by atomic mass is 10.1. The maximum atomic E-state index is 13.3. The van der Waals surface area contributed by atoms with Crippen molar-refractivity contribution in [2.75, 3.05) is 4.90 Å². The highest BCUT2D eigenvalue weighted by molar-refractivity contribution is 7.22. The van der Waals surface area contributed by atoms with Crippen LogP contribution in [-0.4, -0.2) is 15.9 Å². The van der Waals surface area contributed by atoms with Crippen LogP contribution in [0.25, 0.3) is 10.2 Å². The molecule has 0 saturated carbocycles. The number of thiazole rings is 1. The van der Waals surface area contributed by atoms with Crippen LogP contribution in [0, 0.1) is 11.3 Å². The van der Waals surface area contributed by atoms with E-state index in [1.54, 1.807) is 47.6 Å². The number of anilines is 1. The van der Waals surface area contributed by atoms with Crippen LogP contribution >= 0.6 is 22.9 Å². The van der Waals surface area contributed by atoms with Gasteiger partial charge in [0.15, 0.2) is 5.13 Å². The summed E-state index contributed by atoms with van der Waals surface area (Å²) < 4.78 is 0.912. The zero-order valence-electron chi connectivity index (χ0n) is 14.5. The second-order valence-electron chi connectivity index (χ2n) is 6.04. The Morgan fingerprint density at radius 1 is 1.11 bits per heavy atom. The fourth-order valence-electron chi connectivity index (χ4n) is 2.74. The second-order valence-corrected chi connectivity index (χ2v) is 7.49. The van der Waals surface area contributed by atoms with E-state index in [1.165, 1.54) is 11.3 Å². The Labute approximate surface area is 170 Å². The number of carbonyl (C=O) groups is 1. The molecule has 2 heterocycles. The smallest absolute Gasteiger partial charge is 0.260 e. The molecule has 5 nitrogen and oxygen atoms in total. The second kappa shape index (κ2) is 7.77. The van der Waals surface area contributed by atoms with Gasteiger partial charge in [0.25, 0.3) is 5.91 Å². The molecule has 4 rings (SSSR count). The van der Waals surface area contributed by atoms with Gasteiger partial charge in [0, 0.05) is 23.0 Å². The molecule has 0 bridgehead atoms. The SMILES string of the molecule is N#Cc1ccc(C(=O)N(Cc2ccncc2)c2nc3ccc(Cl)cc3s2)cc1. The first-order chi connectivity index (χ1) is 13.6. The molecule has 28 heavy (non-hydrogen) atoms. The van der Waals surface area contributed by atoms with E-state index in [0.29, 0.717) is 27.8 Å². The highest BCUT2D eigenvalue weighted by atomic mass is 35.5. The van der Waals surface area contributed by atoms with Gasteiger partial charge < -0.3 is 0 Å². The predicted octanol–water partition coefficient (Wildman–Crippen LogP) is 5.06. The molecule has 7 heteroatoms. The van der Waals surface area contributed by atoms with Crippen molar-refractivity contribution in [2.45, 2.75) is 6.54 Å². The Morgan fingerprint density at radius 3 is 2.57 bits per heavy atom. The quantitative estimate of drug-likeness (QED) is 0.476. The van der Waals surface area contributed by atoms with Crippen molar-refractivity contribution in [3.63, 3.8) is 0 Å². The van der Waals surface area contributed by atoms with E-state index in [-0.39, 0.29) is 5.91 Å². The van der Waals surface area contributed by atoms with Gasteiger partial charge in [0.2, 0.25) is 0 Å². The van der Waals surface area contributed by atoms with E-state index >= 15 is 0 Å². The van der Waals surface area contributed by atoms with E-state index in [1.807, 2.05) is 24.3 Å². The van der Waals surface area contributed by atoms with Gasteiger partial charge in [-0.15, -0.1) is 0 Å². The molecule has 2 aromatic carbocycles. The number of hydrogen-bond acceptors (Lipinski definition) is 5. The first-order valence-corrected chi connectivity index (χ1v) is 9.60. The molecule has 1 amide bonds. The monoisotopic (exact) mass is 404 g/mol. The number of pyridine rings is 1. The first kappa shape index (κ1) is 18.1. The zero-order valence-corrected chi connectivity index (χ0v) is 16.1. The number of amides is 1. The molecule has 0 unspecified atom stereocenters. The van der Waals surface area contributed by atoms with Crippen molar-refractivity contribution in [1.82, 2.24) is 9.97 Å². The van der Waals surface area contributed by atoms with Crippen LogP contribution in [0.5, 0.6) is 0 Å². The van der Waals surface area contributed by atoms with E-state index in [4.69, 9.17) is 16.9 Å². The number of carbonyl (C=O) groups excluding carboxylic acids is 1. The predicted molar refractivity (Wildman–Crippen MR) is 111 cm³/mol. The lowest BCUT2D eigenvalue weighted by molar-refractivity contribution is 0.0985. The molecular weight excluding hydrogens is 392 g/mol. The minimum Gasteiger partial charge on any atom is -0.279 e. The molecule has 0 saturated heterocycles. The van der Waals surface area contributed by atoms with Crippen molar-refractivity contribution in [1.29, 1.82) is 5.26 Å². The molecule has 2 aromatic heterocycles. The zero-order chi connectivity index (χ0) is 19.5. The number of aromatic nitrogens is 2. The third kappa shape index (κ3) is 3.72. The van der Waals surface area contributed by atoms with Gasteiger partial charge in [-0.2, -0.15) is 5.26 Å². The third-order valence-corrected chi connectivity index (χ3v) is 5.44. The van der Waals surface area contributed by atoms with Crippen LogP contribution in [0.3, 0.4) is 0 Å². The molecule has 4 aromatic rings. The summed E-state index contributed by atoms with van der Waals surface area (Å²) in [5, 5.41) is 10.2. The number of fused-ring (bicyclic) bond motifs is 1. The number of rotatable bonds is 4. The molecule has 0 aliphatic carbocycles. The highest BCUT2D eigenvalue weighted by Crippen LogP contribution is 2.32. The van der Waals surface area contributed by atoms with E-state index in [0.717, 1.165) is 15.8 Å². The molecule has 0 N–H and O–H groups in total. The van der Waals surface area contributed by atoms with Gasteiger partial charge in [0.1, 0.15) is 0 Å². The number of halogens is 1. The molecular formula is C21H13ClN4OS. The minimum atomic E-state index is -0.188. The number of benzene rings is 2. The Hall–Kier alpha value is -3.27. The van der Waals surface area contributed by atoms with E-state index < -0.39 is 0 Å². The summed E-state index contributed by atoms with van der Waals surface area (Å²) >= 11 is 7.50. The fraction of sp³-hybridized carbons (Fsp3) is 0.0476. The molecule has 0 atom stereocenters. The Kier molecular flexibility index (Phi) is 5.02. The van der Waals surface area contributed by atoms with E-state index in [2.05, 4.69) is 16.0 Å². The molecule has 0 aliphatic heterocycles. The average Bonchev–Trinajstić information content (AvgIpc) is 3.15. The largest absolute Gasteiger partial charge is 0.279 e. The first-order valence-electron chi connectivity index (χ1n) is 8.41. The van der Waals surface area contributed by atoms with Crippen LogP contribution in [0.4, 0.5) is 5.13 Å². The molecule has 0 radical (unpaired) electrons. The molecule has 0 aliphatic rings. The number of hydrogen-bond donors (Lipinski definition) is 0. The Morgan fingerprint density at radius 2 is 1.86 bits per heavy atom. The molecule has 0 fully saturated rings. The summed E-state index contributed by atoms with van der Waals surface area (Å²) in [6.45, 7) is 0.356. The van der Waals surface area contributed by atoms with Crippen LogP contribution in [0.15, 0.2) is 67.0 Å². The van der Waals surface area contributed by atoms with Gasteiger partial charge in [-0.05, 0) is 60.2 Å². The number of nitriles is 1. The lowest BCUT2D eigenvalue weighted by Gasteiger charge is -2.20. The average molecular weight is 405 g/mol. The minimum absolute atomic E-state index is 0.188. The van der Waals surface area contributed by atoms with Crippen molar-refractivity contribution in [2.24, 2.45) is 0 Å². The summed E-state index contributed by atoms with van der Waals surface area (Å²) in [5.74, 6) is -0.188. The maximum Gasteiger partial charge on any atom is 0.260 e. The van der Waals surface area contributed by atoms with E-state index in [9.17, 15) is 4.79 Å². The summed E-state index contributed by atoms with van der Waals surface area (Å²) in [6.07, 6.45) is 3.38. The molecule has 0 spiro atoms. The summed E-state index contributed by atoms with van der Waals surface area (Å²) in [6, 6.07) is 17.8. The van der Waals surface area contributed by atoms with Crippen molar-refractivity contribution >= 4 is 44.2 Å². The standard InChI is InChI=1S/C21H13ClN4OS/c22-17-5-6-18-19(11-17)28-21(25-18)26(13-15-7-9-24-10-8-15)20(27)16-3-1-14(12-23)2-4-16/h1-11H,13H2. The maximum absolute atomic E-state index is 13.3.